The Labute approximate surface area is 169 Å². The molecule has 4 heteroatoms. The highest BCUT2D eigenvalue weighted by Gasteiger charge is 2.39. The highest BCUT2D eigenvalue weighted by Crippen LogP contribution is 2.32. The van der Waals surface area contributed by atoms with E-state index in [-0.39, 0.29) is 12.4 Å². The van der Waals surface area contributed by atoms with Gasteiger partial charge in [-0.2, -0.15) is 0 Å². The van der Waals surface area contributed by atoms with Gasteiger partial charge in [0.1, 0.15) is 6.10 Å². The molecule has 0 radical (unpaired) electrons. The summed E-state index contributed by atoms with van der Waals surface area (Å²) in [5.74, 6) is 0. The fourth-order valence-electron chi connectivity index (χ4n) is 2.44. The van der Waals surface area contributed by atoms with Gasteiger partial charge in [0.05, 0.1) is 11.1 Å². The van der Waals surface area contributed by atoms with Crippen LogP contribution in [-0.4, -0.2) is 12.4 Å². The molecule has 2 nitrogen and oxygen atoms in total. The molecule has 1 aliphatic heterocycles. The minimum absolute atomic E-state index is 0.0332. The van der Waals surface area contributed by atoms with Crippen LogP contribution >= 0.6 is 22.7 Å². The van der Waals surface area contributed by atoms with E-state index in [1.54, 1.807) is 0 Å². The van der Waals surface area contributed by atoms with Crippen LogP contribution in [0.3, 0.4) is 0 Å². The Bertz CT molecular complexity index is 492. The molecule has 0 N–H and O–H groups in total. The third kappa shape index (κ3) is 13.5. The number of allylic oxidation sites excluding steroid dienone is 10. The van der Waals surface area contributed by atoms with Crippen LogP contribution in [0.25, 0.3) is 0 Å². The Morgan fingerprint density at radius 3 is 2.46 bits per heavy atom. The molecule has 2 unspecified atom stereocenters. The molecule has 1 aliphatic rings. The van der Waals surface area contributed by atoms with Crippen LogP contribution in [0.1, 0.15) is 65.2 Å². The van der Waals surface area contributed by atoms with Crippen molar-refractivity contribution in [1.82, 2.24) is 0 Å². The largest absolute Gasteiger partial charge is 0.340 e. The topological polar surface area (TPSA) is 21.8 Å². The number of hydrogen-bond donors (Lipinski definition) is 1. The molecule has 1 heterocycles. The molecule has 0 aromatic carbocycles. The lowest BCUT2D eigenvalue weighted by Crippen LogP contribution is -1.93. The predicted molar refractivity (Wildman–Crippen MR) is 119 cm³/mol. The molecule has 0 aromatic rings. The van der Waals surface area contributed by atoms with Gasteiger partial charge in [0, 0.05) is 0 Å². The summed E-state index contributed by atoms with van der Waals surface area (Å²) in [6.07, 6.45) is 29.0. The maximum Gasteiger partial charge on any atom is 0.198 e. The van der Waals surface area contributed by atoms with Gasteiger partial charge in [-0.05, 0) is 58.3 Å². The van der Waals surface area contributed by atoms with Crippen LogP contribution in [0.15, 0.2) is 60.3 Å². The van der Waals surface area contributed by atoms with E-state index in [4.69, 9.17) is 8.92 Å². The Balaban J connectivity index is 1.97. The Morgan fingerprint density at radius 2 is 1.69 bits per heavy atom. The lowest BCUT2D eigenvalue weighted by atomic mass is 10.1. The quantitative estimate of drug-likeness (QED) is 0.0774. The number of rotatable bonds is 15. The smallest absolute Gasteiger partial charge is 0.198 e. The standard InChI is InChI=1S/C22H34O2S2/c1-3-4-5-6-8-11-14-17-20(2)18-15-12-9-7-10-13-16-19-21-22(23-21)24-26-25/h4-5,7-8,10-12,15,17,21-22,25H,3,6,9,13-14,16,18-19H2,1-2H3. The SMILES string of the molecule is CCC=CCC=CCC=C(C)CC=CCC=CCCCC1OC1OSS. The third-order valence-electron chi connectivity index (χ3n) is 4.02. The molecule has 1 rings (SSSR count). The molecule has 0 spiro atoms. The molecule has 2 atom stereocenters. The van der Waals surface area contributed by atoms with Crippen molar-refractivity contribution in [3.63, 3.8) is 0 Å². The first kappa shape index (κ1) is 23.4. The molecule has 0 saturated carbocycles. The van der Waals surface area contributed by atoms with Gasteiger partial charge in [-0.1, -0.05) is 78.8 Å². The van der Waals surface area contributed by atoms with Crippen molar-refractivity contribution >= 4 is 22.7 Å². The Morgan fingerprint density at radius 1 is 1.00 bits per heavy atom. The molecule has 0 amide bonds. The molecular formula is C22H34O2S2. The fourth-order valence-corrected chi connectivity index (χ4v) is 2.95. The zero-order valence-electron chi connectivity index (χ0n) is 16.2. The molecule has 146 valence electrons. The lowest BCUT2D eigenvalue weighted by molar-refractivity contribution is 0.210. The molecule has 0 aliphatic carbocycles. The maximum atomic E-state index is 5.36. The predicted octanol–water partition coefficient (Wildman–Crippen LogP) is 7.53. The van der Waals surface area contributed by atoms with E-state index >= 15 is 0 Å². The van der Waals surface area contributed by atoms with Crippen LogP contribution in [0, 0.1) is 0 Å². The third-order valence-corrected chi connectivity index (χ3v) is 4.56. The van der Waals surface area contributed by atoms with Crippen molar-refractivity contribution in [2.24, 2.45) is 0 Å². The van der Waals surface area contributed by atoms with Gasteiger partial charge in [0.2, 0.25) is 0 Å². The molecule has 26 heavy (non-hydrogen) atoms. The highest BCUT2D eigenvalue weighted by molar-refractivity contribution is 8.66. The molecule has 1 fully saturated rings. The summed E-state index contributed by atoms with van der Waals surface area (Å²) in [6, 6.07) is 0. The first-order chi connectivity index (χ1) is 12.8. The number of unbranched alkanes of at least 4 members (excludes halogenated alkanes) is 1. The van der Waals surface area contributed by atoms with E-state index in [0.29, 0.717) is 0 Å². The zero-order chi connectivity index (χ0) is 18.9. The van der Waals surface area contributed by atoms with Crippen LogP contribution in [0.2, 0.25) is 0 Å². The molecule has 0 aromatic heterocycles. The van der Waals surface area contributed by atoms with Crippen molar-refractivity contribution in [3.8, 4) is 0 Å². The minimum Gasteiger partial charge on any atom is -0.340 e. The summed E-state index contributed by atoms with van der Waals surface area (Å²) in [7, 11) is 0. The second kappa shape index (κ2) is 16.5. The first-order valence-corrected chi connectivity index (χ1v) is 11.4. The summed E-state index contributed by atoms with van der Waals surface area (Å²) in [6.45, 7) is 4.36. The van der Waals surface area contributed by atoms with Crippen LogP contribution < -0.4 is 0 Å². The van der Waals surface area contributed by atoms with E-state index in [9.17, 15) is 0 Å². The lowest BCUT2D eigenvalue weighted by Gasteiger charge is -1.94. The van der Waals surface area contributed by atoms with Crippen LogP contribution in [0.4, 0.5) is 0 Å². The Hall–Kier alpha value is -0.680. The summed E-state index contributed by atoms with van der Waals surface area (Å²) < 4.78 is 10.5. The zero-order valence-corrected chi connectivity index (χ0v) is 17.9. The van der Waals surface area contributed by atoms with Crippen molar-refractivity contribution in [3.05, 3.63) is 60.3 Å². The molecule has 0 bridgehead atoms. The van der Waals surface area contributed by atoms with Crippen LogP contribution in [0.5, 0.6) is 0 Å². The van der Waals surface area contributed by atoms with Gasteiger partial charge in [-0.3, -0.25) is 4.18 Å². The van der Waals surface area contributed by atoms with Crippen LogP contribution in [-0.2, 0) is 8.92 Å². The molecule has 1 saturated heterocycles. The average molecular weight is 395 g/mol. The van der Waals surface area contributed by atoms with Gasteiger partial charge in [-0.15, -0.1) is 0 Å². The Kier molecular flexibility index (Phi) is 14.8. The number of thiol groups is 1. The minimum atomic E-state index is -0.0332. The van der Waals surface area contributed by atoms with E-state index in [1.807, 2.05) is 0 Å². The van der Waals surface area contributed by atoms with Gasteiger partial charge >= 0.3 is 0 Å². The molecular weight excluding hydrogens is 360 g/mol. The maximum absolute atomic E-state index is 5.36. The van der Waals surface area contributed by atoms with Gasteiger partial charge in [0.15, 0.2) is 6.29 Å². The number of hydrogen-bond acceptors (Lipinski definition) is 4. The second-order valence-corrected chi connectivity index (χ2v) is 7.19. The normalized spacial score (nSPS) is 21.1. The van der Waals surface area contributed by atoms with Crippen molar-refractivity contribution in [2.75, 3.05) is 0 Å². The fraction of sp³-hybridized carbons (Fsp3) is 0.545. The summed E-state index contributed by atoms with van der Waals surface area (Å²) >= 11 is 5.02. The van der Waals surface area contributed by atoms with Gasteiger partial charge < -0.3 is 4.74 Å². The average Bonchev–Trinajstić information content (AvgIpc) is 3.37. The van der Waals surface area contributed by atoms with Crippen molar-refractivity contribution in [2.45, 2.75) is 77.6 Å². The van der Waals surface area contributed by atoms with Gasteiger partial charge in [-0.25, -0.2) is 0 Å². The van der Waals surface area contributed by atoms with E-state index in [1.165, 1.54) is 5.57 Å². The summed E-state index contributed by atoms with van der Waals surface area (Å²) in [5, 5.41) is 0. The van der Waals surface area contributed by atoms with E-state index < -0.39 is 0 Å². The van der Waals surface area contributed by atoms with E-state index in [2.05, 4.69) is 80.2 Å². The van der Waals surface area contributed by atoms with Gasteiger partial charge in [0.25, 0.3) is 0 Å². The second-order valence-electron chi connectivity index (χ2n) is 6.40. The summed E-state index contributed by atoms with van der Waals surface area (Å²) in [5.41, 5.74) is 1.43. The van der Waals surface area contributed by atoms with E-state index in [0.717, 1.165) is 62.4 Å². The number of ether oxygens (including phenoxy) is 1. The summed E-state index contributed by atoms with van der Waals surface area (Å²) in [4.78, 5) is 0. The van der Waals surface area contributed by atoms with Crippen molar-refractivity contribution < 1.29 is 8.92 Å². The monoisotopic (exact) mass is 394 g/mol. The first-order valence-electron chi connectivity index (χ1n) is 9.65. The van der Waals surface area contributed by atoms with Crippen molar-refractivity contribution in [1.29, 1.82) is 0 Å². The number of epoxide rings is 1. The highest BCUT2D eigenvalue weighted by atomic mass is 33.1.